The number of hydrogen-bond acceptors (Lipinski definition) is 3. The molecule has 1 fully saturated rings. The predicted octanol–water partition coefficient (Wildman–Crippen LogP) is 1.53. The molecule has 5 heteroatoms. The Bertz CT molecular complexity index is 369. The van der Waals surface area contributed by atoms with E-state index in [4.69, 9.17) is 0 Å². The van der Waals surface area contributed by atoms with E-state index in [0.717, 1.165) is 29.8 Å². The van der Waals surface area contributed by atoms with Gasteiger partial charge in [-0.25, -0.2) is 4.98 Å². The van der Waals surface area contributed by atoms with Crippen molar-refractivity contribution in [3.63, 3.8) is 0 Å². The van der Waals surface area contributed by atoms with Gasteiger partial charge in [0.05, 0.1) is 0 Å². The lowest BCUT2D eigenvalue weighted by atomic mass is 10.1. The van der Waals surface area contributed by atoms with Crippen molar-refractivity contribution in [3.05, 3.63) is 22.8 Å². The van der Waals surface area contributed by atoms with Crippen LogP contribution in [0.2, 0.25) is 0 Å². The van der Waals surface area contributed by atoms with Gasteiger partial charge in [0.25, 0.3) is 0 Å². The number of aromatic nitrogens is 1. The maximum atomic E-state index is 11.5. The smallest absolute Gasteiger partial charge is 0.242 e. The normalized spacial score (nSPS) is 20.9. The van der Waals surface area contributed by atoms with Gasteiger partial charge in [0, 0.05) is 6.54 Å². The molecule has 0 spiro atoms. The number of pyridine rings is 1. The van der Waals surface area contributed by atoms with Crippen molar-refractivity contribution in [2.45, 2.75) is 18.9 Å². The van der Waals surface area contributed by atoms with Crippen molar-refractivity contribution in [3.8, 4) is 0 Å². The second-order valence-corrected chi connectivity index (χ2v) is 4.29. The standard InChI is InChI=1S/C10H12BrN3O/c11-8-4-1-5-9(14-8)13-7-3-2-6-12-10(7)15/h1,4-5,7H,2-3,6H2,(H,12,15)(H,13,14). The van der Waals surface area contributed by atoms with E-state index in [1.807, 2.05) is 18.2 Å². The largest absolute Gasteiger partial charge is 0.358 e. The van der Waals surface area contributed by atoms with Crippen LogP contribution in [0.1, 0.15) is 12.8 Å². The van der Waals surface area contributed by atoms with Gasteiger partial charge >= 0.3 is 0 Å². The molecule has 1 aliphatic heterocycles. The number of carbonyl (C=O) groups is 1. The predicted molar refractivity (Wildman–Crippen MR) is 61.6 cm³/mol. The summed E-state index contributed by atoms with van der Waals surface area (Å²) < 4.78 is 0.767. The van der Waals surface area contributed by atoms with Crippen molar-refractivity contribution in [2.75, 3.05) is 11.9 Å². The number of hydrogen-bond donors (Lipinski definition) is 2. The first-order valence-electron chi connectivity index (χ1n) is 4.92. The number of carbonyl (C=O) groups excluding carboxylic acids is 1. The molecule has 1 aliphatic rings. The summed E-state index contributed by atoms with van der Waals surface area (Å²) >= 11 is 3.29. The molecule has 2 N–H and O–H groups in total. The Morgan fingerprint density at radius 1 is 1.53 bits per heavy atom. The van der Waals surface area contributed by atoms with Gasteiger partial charge in [-0.15, -0.1) is 0 Å². The number of nitrogens with zero attached hydrogens (tertiary/aromatic N) is 1. The first-order valence-corrected chi connectivity index (χ1v) is 5.72. The molecule has 1 aromatic rings. The van der Waals surface area contributed by atoms with Gasteiger partial charge < -0.3 is 10.6 Å². The molecule has 2 heterocycles. The second-order valence-electron chi connectivity index (χ2n) is 3.48. The van der Waals surface area contributed by atoms with Gasteiger partial charge in [-0.2, -0.15) is 0 Å². The second kappa shape index (κ2) is 4.61. The maximum Gasteiger partial charge on any atom is 0.242 e. The van der Waals surface area contributed by atoms with Gasteiger partial charge in [0.1, 0.15) is 16.5 Å². The van der Waals surface area contributed by atoms with E-state index in [-0.39, 0.29) is 11.9 Å². The maximum absolute atomic E-state index is 11.5. The van der Waals surface area contributed by atoms with Crippen molar-refractivity contribution in [1.82, 2.24) is 10.3 Å². The molecule has 4 nitrogen and oxygen atoms in total. The quantitative estimate of drug-likeness (QED) is 0.801. The molecule has 1 unspecified atom stereocenters. The lowest BCUT2D eigenvalue weighted by Gasteiger charge is -2.23. The Labute approximate surface area is 96.6 Å². The molecule has 1 aromatic heterocycles. The third-order valence-electron chi connectivity index (χ3n) is 2.32. The molecule has 0 radical (unpaired) electrons. The summed E-state index contributed by atoms with van der Waals surface area (Å²) in [4.78, 5) is 15.7. The zero-order valence-electron chi connectivity index (χ0n) is 8.16. The molecule has 0 aromatic carbocycles. The Balaban J connectivity index is 2.04. The first-order chi connectivity index (χ1) is 7.25. The van der Waals surface area contributed by atoms with Gasteiger partial charge in [0.15, 0.2) is 0 Å². The number of anilines is 1. The van der Waals surface area contributed by atoms with Crippen molar-refractivity contribution in [1.29, 1.82) is 0 Å². The van der Waals surface area contributed by atoms with Crippen molar-refractivity contribution < 1.29 is 4.79 Å². The Morgan fingerprint density at radius 2 is 2.40 bits per heavy atom. The molecule has 1 amide bonds. The molecule has 0 bridgehead atoms. The minimum Gasteiger partial charge on any atom is -0.358 e. The van der Waals surface area contributed by atoms with E-state index in [0.29, 0.717) is 0 Å². The minimum atomic E-state index is -0.152. The number of nitrogens with one attached hydrogen (secondary N) is 2. The molecular formula is C10H12BrN3O. The highest BCUT2D eigenvalue weighted by Gasteiger charge is 2.21. The van der Waals surface area contributed by atoms with Crippen LogP contribution in [0.5, 0.6) is 0 Å². The van der Waals surface area contributed by atoms with Crippen molar-refractivity contribution >= 4 is 27.7 Å². The molecule has 0 aliphatic carbocycles. The lowest BCUT2D eigenvalue weighted by molar-refractivity contribution is -0.123. The van der Waals surface area contributed by atoms with Gasteiger partial charge in [-0.3, -0.25) is 4.79 Å². The van der Waals surface area contributed by atoms with E-state index < -0.39 is 0 Å². The van der Waals surface area contributed by atoms with E-state index in [9.17, 15) is 4.79 Å². The topological polar surface area (TPSA) is 54.0 Å². The van der Waals surface area contributed by atoms with Crippen LogP contribution < -0.4 is 10.6 Å². The summed E-state index contributed by atoms with van der Waals surface area (Å²) in [6, 6.07) is 5.44. The van der Waals surface area contributed by atoms with Gasteiger partial charge in [0.2, 0.25) is 5.91 Å². The SMILES string of the molecule is O=C1NCCCC1Nc1cccc(Br)n1. The summed E-state index contributed by atoms with van der Waals surface area (Å²) in [7, 11) is 0. The average molecular weight is 270 g/mol. The summed E-state index contributed by atoms with van der Waals surface area (Å²) in [5.41, 5.74) is 0. The Hall–Kier alpha value is -1.10. The van der Waals surface area contributed by atoms with Crippen LogP contribution in [0.25, 0.3) is 0 Å². The fraction of sp³-hybridized carbons (Fsp3) is 0.400. The molecular weight excluding hydrogens is 258 g/mol. The monoisotopic (exact) mass is 269 g/mol. The molecule has 0 saturated carbocycles. The molecule has 80 valence electrons. The zero-order chi connectivity index (χ0) is 10.7. The molecule has 15 heavy (non-hydrogen) atoms. The van der Waals surface area contributed by atoms with Crippen LogP contribution >= 0.6 is 15.9 Å². The molecule has 1 saturated heterocycles. The number of piperidine rings is 1. The Kier molecular flexibility index (Phi) is 3.20. The van der Waals surface area contributed by atoms with E-state index >= 15 is 0 Å². The summed E-state index contributed by atoms with van der Waals surface area (Å²) in [6.07, 6.45) is 1.87. The summed E-state index contributed by atoms with van der Waals surface area (Å²) in [5, 5.41) is 5.94. The third-order valence-corrected chi connectivity index (χ3v) is 2.76. The van der Waals surface area contributed by atoms with Crippen LogP contribution in [-0.4, -0.2) is 23.5 Å². The lowest BCUT2D eigenvalue weighted by Crippen LogP contribution is -2.44. The zero-order valence-corrected chi connectivity index (χ0v) is 9.75. The molecule has 1 atom stereocenters. The highest BCUT2D eigenvalue weighted by Crippen LogP contribution is 2.13. The van der Waals surface area contributed by atoms with Gasteiger partial charge in [-0.05, 0) is 40.9 Å². The van der Waals surface area contributed by atoms with Crippen molar-refractivity contribution in [2.24, 2.45) is 0 Å². The van der Waals surface area contributed by atoms with Crippen LogP contribution in [-0.2, 0) is 4.79 Å². The van der Waals surface area contributed by atoms with Crippen LogP contribution in [0.15, 0.2) is 22.8 Å². The van der Waals surface area contributed by atoms with Crippen LogP contribution in [0.4, 0.5) is 5.82 Å². The number of rotatable bonds is 2. The number of halogens is 1. The Morgan fingerprint density at radius 3 is 3.13 bits per heavy atom. The van der Waals surface area contributed by atoms with E-state index in [1.54, 1.807) is 0 Å². The highest BCUT2D eigenvalue weighted by atomic mass is 79.9. The average Bonchev–Trinajstić information content (AvgIpc) is 2.22. The van der Waals surface area contributed by atoms with Crippen LogP contribution in [0, 0.1) is 0 Å². The summed E-state index contributed by atoms with van der Waals surface area (Å²) in [5.74, 6) is 0.787. The molecule has 2 rings (SSSR count). The number of amides is 1. The van der Waals surface area contributed by atoms with E-state index in [2.05, 4.69) is 31.5 Å². The first kappa shape index (κ1) is 10.4. The fourth-order valence-electron chi connectivity index (χ4n) is 1.58. The van der Waals surface area contributed by atoms with Crippen LogP contribution in [0.3, 0.4) is 0 Å². The van der Waals surface area contributed by atoms with E-state index in [1.165, 1.54) is 0 Å². The van der Waals surface area contributed by atoms with Gasteiger partial charge in [-0.1, -0.05) is 6.07 Å². The highest BCUT2D eigenvalue weighted by molar-refractivity contribution is 9.10. The third kappa shape index (κ3) is 2.68. The summed E-state index contributed by atoms with van der Waals surface area (Å²) in [6.45, 7) is 0.781. The fourth-order valence-corrected chi connectivity index (χ4v) is 1.92. The minimum absolute atomic E-state index is 0.0584.